The van der Waals surface area contributed by atoms with E-state index in [1.54, 1.807) is 0 Å². The van der Waals surface area contributed by atoms with Crippen molar-refractivity contribution in [3.05, 3.63) is 12.2 Å². The quantitative estimate of drug-likeness (QED) is 0.498. The van der Waals surface area contributed by atoms with Gasteiger partial charge in [-0.05, 0) is 26.8 Å². The van der Waals surface area contributed by atoms with Crippen LogP contribution < -0.4 is 0 Å². The minimum Gasteiger partial charge on any atom is -0.460 e. The third-order valence-corrected chi connectivity index (χ3v) is 3.34. The summed E-state index contributed by atoms with van der Waals surface area (Å²) in [5, 5.41) is 9.81. The van der Waals surface area contributed by atoms with E-state index in [2.05, 4.69) is 0 Å². The molecular weight excluding hydrogens is 320 g/mol. The van der Waals surface area contributed by atoms with Crippen LogP contribution in [-0.2, 0) is 33.4 Å². The maximum Gasteiger partial charge on any atom is 0.330 e. The molecule has 0 spiro atoms. The lowest BCUT2D eigenvalue weighted by Gasteiger charge is -2.18. The molecule has 0 aromatic heterocycles. The van der Waals surface area contributed by atoms with Crippen LogP contribution >= 0.6 is 0 Å². The SMILES string of the molecule is C[C@@H]1OC(=O)CCC(=O)[C@@H](C)OC(=O)C[C@H](C)OC(=O)/C=C/[C@H]1O. The standard InChI is InChI=1S/C16H22O8/c1-9-8-16(21)24-11(3)13(18)5-7-15(20)23-10(2)12(17)4-6-14(19)22-9/h4,6,9-12,17H,5,7-8H2,1-3H3/b6-4+/t9-,10-,11+,12+/m0/s1. The second kappa shape index (κ2) is 9.17. The summed E-state index contributed by atoms with van der Waals surface area (Å²) in [5.41, 5.74) is 0. The lowest BCUT2D eigenvalue weighted by atomic mass is 10.1. The van der Waals surface area contributed by atoms with Crippen molar-refractivity contribution in [1.82, 2.24) is 0 Å². The van der Waals surface area contributed by atoms with Gasteiger partial charge >= 0.3 is 17.9 Å². The number of rotatable bonds is 0. The molecule has 0 saturated carbocycles. The zero-order valence-corrected chi connectivity index (χ0v) is 13.9. The summed E-state index contributed by atoms with van der Waals surface area (Å²) in [6.45, 7) is 4.36. The molecule has 0 aliphatic carbocycles. The number of hydrogen-bond acceptors (Lipinski definition) is 8. The largest absolute Gasteiger partial charge is 0.460 e. The van der Waals surface area contributed by atoms with Crippen LogP contribution in [0.25, 0.3) is 0 Å². The predicted octanol–water partition coefficient (Wildman–Crippen LogP) is 0.452. The molecule has 134 valence electrons. The van der Waals surface area contributed by atoms with Crippen molar-refractivity contribution < 1.29 is 38.5 Å². The smallest absolute Gasteiger partial charge is 0.330 e. The summed E-state index contributed by atoms with van der Waals surface area (Å²) >= 11 is 0. The Morgan fingerprint density at radius 3 is 2.29 bits per heavy atom. The van der Waals surface area contributed by atoms with E-state index in [1.165, 1.54) is 20.8 Å². The molecular formula is C16H22O8. The Hall–Kier alpha value is -2.22. The third kappa shape index (κ3) is 6.91. The predicted molar refractivity (Wildman–Crippen MR) is 80.7 cm³/mol. The second-order valence-electron chi connectivity index (χ2n) is 5.59. The molecule has 0 unspecified atom stereocenters. The molecule has 1 N–H and O–H groups in total. The van der Waals surface area contributed by atoms with E-state index in [4.69, 9.17) is 14.2 Å². The highest BCUT2D eigenvalue weighted by molar-refractivity contribution is 5.88. The summed E-state index contributed by atoms with van der Waals surface area (Å²) in [4.78, 5) is 46.8. The minimum absolute atomic E-state index is 0.142. The maximum atomic E-state index is 11.8. The molecule has 8 nitrogen and oxygen atoms in total. The fourth-order valence-electron chi connectivity index (χ4n) is 1.92. The van der Waals surface area contributed by atoms with Gasteiger partial charge < -0.3 is 19.3 Å². The number of aliphatic hydroxyl groups excluding tert-OH is 1. The number of esters is 3. The van der Waals surface area contributed by atoms with Gasteiger partial charge in [0.05, 0.1) is 12.8 Å². The zero-order valence-electron chi connectivity index (χ0n) is 13.9. The summed E-state index contributed by atoms with van der Waals surface area (Å²) in [6, 6.07) is 0. The Balaban J connectivity index is 2.85. The zero-order chi connectivity index (χ0) is 18.3. The second-order valence-corrected chi connectivity index (χ2v) is 5.59. The Morgan fingerprint density at radius 2 is 1.62 bits per heavy atom. The van der Waals surface area contributed by atoms with Crippen molar-refractivity contribution in [3.8, 4) is 0 Å². The van der Waals surface area contributed by atoms with Crippen LogP contribution in [0, 0.1) is 0 Å². The van der Waals surface area contributed by atoms with E-state index in [1.807, 2.05) is 0 Å². The molecule has 0 saturated heterocycles. The summed E-state index contributed by atoms with van der Waals surface area (Å²) in [7, 11) is 0. The Labute approximate surface area is 139 Å². The minimum atomic E-state index is -1.20. The molecule has 0 radical (unpaired) electrons. The Morgan fingerprint density at radius 1 is 0.958 bits per heavy atom. The van der Waals surface area contributed by atoms with Crippen molar-refractivity contribution in [2.75, 3.05) is 0 Å². The molecule has 0 amide bonds. The first kappa shape index (κ1) is 19.8. The fraction of sp³-hybridized carbons (Fsp3) is 0.625. The normalized spacial score (nSPS) is 32.5. The summed E-state index contributed by atoms with van der Waals surface area (Å²) in [5.74, 6) is -2.55. The first-order valence-electron chi connectivity index (χ1n) is 7.67. The molecule has 1 aliphatic heterocycles. The lowest BCUT2D eigenvalue weighted by molar-refractivity contribution is -0.159. The number of hydrogen-bond donors (Lipinski definition) is 1. The number of cyclic esters (lactones) is 3. The topological polar surface area (TPSA) is 116 Å². The maximum absolute atomic E-state index is 11.8. The molecule has 1 aliphatic rings. The number of carbonyl (C=O) groups is 4. The average Bonchev–Trinajstić information content (AvgIpc) is 2.48. The Kier molecular flexibility index (Phi) is 7.57. The van der Waals surface area contributed by atoms with Gasteiger partial charge in [0.25, 0.3) is 0 Å². The third-order valence-electron chi connectivity index (χ3n) is 3.34. The molecule has 24 heavy (non-hydrogen) atoms. The summed E-state index contributed by atoms with van der Waals surface area (Å²) in [6.07, 6.45) is -2.28. The highest BCUT2D eigenvalue weighted by Crippen LogP contribution is 2.09. The number of ether oxygens (including phenoxy) is 3. The molecule has 0 fully saturated rings. The van der Waals surface area contributed by atoms with Crippen LogP contribution in [0.15, 0.2) is 12.2 Å². The van der Waals surface area contributed by atoms with E-state index < -0.39 is 48.1 Å². The van der Waals surface area contributed by atoms with Crippen molar-refractivity contribution >= 4 is 23.7 Å². The number of aliphatic hydroxyl groups is 1. The molecule has 4 atom stereocenters. The van der Waals surface area contributed by atoms with Gasteiger partial charge in [-0.15, -0.1) is 0 Å². The average molecular weight is 342 g/mol. The monoisotopic (exact) mass is 342 g/mol. The fourth-order valence-corrected chi connectivity index (χ4v) is 1.92. The van der Waals surface area contributed by atoms with Crippen LogP contribution in [0.1, 0.15) is 40.0 Å². The van der Waals surface area contributed by atoms with Crippen molar-refractivity contribution in [2.24, 2.45) is 0 Å². The molecule has 1 heterocycles. The van der Waals surface area contributed by atoms with E-state index >= 15 is 0 Å². The molecule has 1 rings (SSSR count). The van der Waals surface area contributed by atoms with Gasteiger partial charge in [0.15, 0.2) is 11.9 Å². The molecule has 0 bridgehead atoms. The first-order chi connectivity index (χ1) is 11.2. The molecule has 0 aromatic rings. The van der Waals surface area contributed by atoms with Gasteiger partial charge in [-0.2, -0.15) is 0 Å². The van der Waals surface area contributed by atoms with E-state index in [0.29, 0.717) is 0 Å². The van der Waals surface area contributed by atoms with Gasteiger partial charge in [0, 0.05) is 12.5 Å². The van der Waals surface area contributed by atoms with Crippen molar-refractivity contribution in [3.63, 3.8) is 0 Å². The van der Waals surface area contributed by atoms with Crippen LogP contribution in [0.4, 0.5) is 0 Å². The van der Waals surface area contributed by atoms with Gasteiger partial charge in [-0.3, -0.25) is 14.4 Å². The van der Waals surface area contributed by atoms with E-state index in [9.17, 15) is 24.3 Å². The number of carbonyl (C=O) groups excluding carboxylic acids is 4. The lowest BCUT2D eigenvalue weighted by Crippen LogP contribution is -2.30. The van der Waals surface area contributed by atoms with Crippen LogP contribution in [0.2, 0.25) is 0 Å². The first-order valence-corrected chi connectivity index (χ1v) is 7.67. The molecule has 0 aromatic carbocycles. The molecule has 8 heteroatoms. The summed E-state index contributed by atoms with van der Waals surface area (Å²) < 4.78 is 14.9. The van der Waals surface area contributed by atoms with Crippen LogP contribution in [0.5, 0.6) is 0 Å². The number of ketones is 1. The van der Waals surface area contributed by atoms with Gasteiger partial charge in [-0.25, -0.2) is 4.79 Å². The van der Waals surface area contributed by atoms with Crippen molar-refractivity contribution in [2.45, 2.75) is 64.4 Å². The Bertz CT molecular complexity index is 524. The van der Waals surface area contributed by atoms with Crippen LogP contribution in [-0.4, -0.2) is 53.2 Å². The van der Waals surface area contributed by atoms with Crippen molar-refractivity contribution in [1.29, 1.82) is 0 Å². The van der Waals surface area contributed by atoms with Gasteiger partial charge in [-0.1, -0.05) is 0 Å². The van der Waals surface area contributed by atoms with Crippen LogP contribution in [0.3, 0.4) is 0 Å². The van der Waals surface area contributed by atoms with Gasteiger partial charge in [0.2, 0.25) is 0 Å². The van der Waals surface area contributed by atoms with E-state index in [-0.39, 0.29) is 19.3 Å². The highest BCUT2D eigenvalue weighted by Gasteiger charge is 2.23. The number of Topliss-reactive ketones (excluding diaryl/α,β-unsaturated/α-hetero) is 1. The highest BCUT2D eigenvalue weighted by atomic mass is 16.6. The van der Waals surface area contributed by atoms with E-state index in [0.717, 1.165) is 12.2 Å². The van der Waals surface area contributed by atoms with Gasteiger partial charge in [0.1, 0.15) is 18.3 Å².